The predicted octanol–water partition coefficient (Wildman–Crippen LogP) is 2.38. The number of rotatable bonds is 2. The number of aromatic hydroxyl groups is 1. The molecule has 0 saturated heterocycles. The SMILES string of the molecule is CCNC1CCCc2c(O)cccc21. The number of phenols is 1. The molecule has 1 aliphatic rings. The first kappa shape index (κ1) is 9.53. The molecule has 0 saturated carbocycles. The van der Waals surface area contributed by atoms with Crippen molar-refractivity contribution < 1.29 is 5.11 Å². The number of hydrogen-bond acceptors (Lipinski definition) is 2. The minimum atomic E-state index is 0.441. The van der Waals surface area contributed by atoms with Gasteiger partial charge in [-0.15, -0.1) is 0 Å². The molecule has 0 amide bonds. The van der Waals surface area contributed by atoms with Gasteiger partial charge in [-0.05, 0) is 43.0 Å². The molecule has 76 valence electrons. The molecule has 2 nitrogen and oxygen atoms in total. The largest absolute Gasteiger partial charge is 0.508 e. The summed E-state index contributed by atoms with van der Waals surface area (Å²) in [5, 5.41) is 13.2. The molecule has 0 spiro atoms. The molecule has 0 radical (unpaired) electrons. The normalized spacial score (nSPS) is 20.5. The van der Waals surface area contributed by atoms with E-state index in [0.29, 0.717) is 11.8 Å². The minimum Gasteiger partial charge on any atom is -0.508 e. The molecular formula is C12H17NO. The van der Waals surface area contributed by atoms with Crippen LogP contribution in [0.25, 0.3) is 0 Å². The summed E-state index contributed by atoms with van der Waals surface area (Å²) in [5.74, 6) is 0.463. The van der Waals surface area contributed by atoms with Crippen molar-refractivity contribution in [2.24, 2.45) is 0 Å². The summed E-state index contributed by atoms with van der Waals surface area (Å²) in [4.78, 5) is 0. The van der Waals surface area contributed by atoms with Crippen LogP contribution in [0.5, 0.6) is 5.75 Å². The van der Waals surface area contributed by atoms with E-state index >= 15 is 0 Å². The van der Waals surface area contributed by atoms with Crippen LogP contribution in [0.3, 0.4) is 0 Å². The van der Waals surface area contributed by atoms with Crippen molar-refractivity contribution >= 4 is 0 Å². The Morgan fingerprint density at radius 1 is 1.50 bits per heavy atom. The van der Waals surface area contributed by atoms with E-state index in [4.69, 9.17) is 0 Å². The monoisotopic (exact) mass is 191 g/mol. The molecule has 1 atom stereocenters. The highest BCUT2D eigenvalue weighted by Gasteiger charge is 2.20. The summed E-state index contributed by atoms with van der Waals surface area (Å²) in [6.45, 7) is 3.11. The Bertz CT molecular complexity index is 322. The molecule has 2 rings (SSSR count). The van der Waals surface area contributed by atoms with Crippen LogP contribution in [-0.4, -0.2) is 11.7 Å². The molecule has 2 heteroatoms. The zero-order valence-corrected chi connectivity index (χ0v) is 8.59. The smallest absolute Gasteiger partial charge is 0.119 e. The third-order valence-corrected chi connectivity index (χ3v) is 2.93. The number of hydrogen-bond donors (Lipinski definition) is 2. The summed E-state index contributed by atoms with van der Waals surface area (Å²) in [7, 11) is 0. The maximum Gasteiger partial charge on any atom is 0.119 e. The fraction of sp³-hybridized carbons (Fsp3) is 0.500. The molecule has 0 heterocycles. The molecule has 2 N–H and O–H groups in total. The maximum absolute atomic E-state index is 9.71. The van der Waals surface area contributed by atoms with Crippen LogP contribution in [0.1, 0.15) is 36.9 Å². The number of fused-ring (bicyclic) bond motifs is 1. The van der Waals surface area contributed by atoms with Gasteiger partial charge >= 0.3 is 0 Å². The Balaban J connectivity index is 2.34. The van der Waals surface area contributed by atoms with E-state index in [9.17, 15) is 5.11 Å². The average molecular weight is 191 g/mol. The third kappa shape index (κ3) is 1.62. The van der Waals surface area contributed by atoms with Crippen LogP contribution in [0, 0.1) is 0 Å². The number of benzene rings is 1. The Morgan fingerprint density at radius 2 is 2.36 bits per heavy atom. The van der Waals surface area contributed by atoms with Gasteiger partial charge in [0, 0.05) is 6.04 Å². The minimum absolute atomic E-state index is 0.441. The van der Waals surface area contributed by atoms with Gasteiger partial charge in [-0.2, -0.15) is 0 Å². The van der Waals surface area contributed by atoms with Gasteiger partial charge in [0.15, 0.2) is 0 Å². The molecule has 0 aromatic heterocycles. The molecule has 0 fully saturated rings. The Hall–Kier alpha value is -1.02. The van der Waals surface area contributed by atoms with Crippen LogP contribution in [0.15, 0.2) is 18.2 Å². The van der Waals surface area contributed by atoms with Crippen molar-refractivity contribution in [2.75, 3.05) is 6.54 Å². The van der Waals surface area contributed by atoms with Crippen LogP contribution in [-0.2, 0) is 6.42 Å². The fourth-order valence-corrected chi connectivity index (χ4v) is 2.29. The fourth-order valence-electron chi connectivity index (χ4n) is 2.29. The first-order valence-corrected chi connectivity index (χ1v) is 5.37. The molecule has 1 aromatic rings. The second kappa shape index (κ2) is 4.01. The predicted molar refractivity (Wildman–Crippen MR) is 57.5 cm³/mol. The van der Waals surface area contributed by atoms with E-state index in [1.54, 1.807) is 6.07 Å². The van der Waals surface area contributed by atoms with Crippen molar-refractivity contribution in [1.29, 1.82) is 0 Å². The first-order chi connectivity index (χ1) is 6.83. The van der Waals surface area contributed by atoms with E-state index in [1.807, 2.05) is 6.07 Å². The van der Waals surface area contributed by atoms with E-state index < -0.39 is 0 Å². The van der Waals surface area contributed by atoms with Gasteiger partial charge < -0.3 is 10.4 Å². The molecule has 1 aromatic carbocycles. The molecule has 14 heavy (non-hydrogen) atoms. The van der Waals surface area contributed by atoms with Gasteiger partial charge in [0.05, 0.1) is 0 Å². The van der Waals surface area contributed by atoms with Crippen LogP contribution >= 0.6 is 0 Å². The highest BCUT2D eigenvalue weighted by molar-refractivity contribution is 5.42. The molecule has 0 aliphatic heterocycles. The molecule has 1 unspecified atom stereocenters. The van der Waals surface area contributed by atoms with Crippen LogP contribution in [0.4, 0.5) is 0 Å². The zero-order valence-electron chi connectivity index (χ0n) is 8.59. The summed E-state index contributed by atoms with van der Waals surface area (Å²) >= 11 is 0. The standard InChI is InChI=1S/C12H17NO/c1-2-13-11-7-3-6-10-9(11)5-4-8-12(10)14/h4-5,8,11,13-14H,2-3,6-7H2,1H3. The van der Waals surface area contributed by atoms with Gasteiger partial charge in [-0.25, -0.2) is 0 Å². The lowest BCUT2D eigenvalue weighted by molar-refractivity contribution is 0.435. The van der Waals surface area contributed by atoms with Gasteiger partial charge in [-0.3, -0.25) is 0 Å². The second-order valence-corrected chi connectivity index (χ2v) is 3.85. The second-order valence-electron chi connectivity index (χ2n) is 3.85. The van der Waals surface area contributed by atoms with Crippen molar-refractivity contribution in [3.63, 3.8) is 0 Å². The summed E-state index contributed by atoms with van der Waals surface area (Å²) in [5.41, 5.74) is 2.43. The van der Waals surface area contributed by atoms with Crippen molar-refractivity contribution in [3.8, 4) is 5.75 Å². The average Bonchev–Trinajstić information content (AvgIpc) is 2.20. The van der Waals surface area contributed by atoms with Gasteiger partial charge in [-0.1, -0.05) is 19.1 Å². The zero-order chi connectivity index (χ0) is 9.97. The molecule has 1 aliphatic carbocycles. The van der Waals surface area contributed by atoms with E-state index in [1.165, 1.54) is 18.4 Å². The van der Waals surface area contributed by atoms with Crippen LogP contribution in [0.2, 0.25) is 0 Å². The van der Waals surface area contributed by atoms with Crippen LogP contribution < -0.4 is 5.32 Å². The summed E-state index contributed by atoms with van der Waals surface area (Å²) in [6.07, 6.45) is 3.37. The Kier molecular flexibility index (Phi) is 2.73. The lowest BCUT2D eigenvalue weighted by Crippen LogP contribution is -2.24. The van der Waals surface area contributed by atoms with Gasteiger partial charge in [0.25, 0.3) is 0 Å². The van der Waals surface area contributed by atoms with Gasteiger partial charge in [0.2, 0.25) is 0 Å². The summed E-state index contributed by atoms with van der Waals surface area (Å²) in [6, 6.07) is 6.29. The van der Waals surface area contributed by atoms with E-state index in [0.717, 1.165) is 18.5 Å². The molecular weight excluding hydrogens is 174 g/mol. The quantitative estimate of drug-likeness (QED) is 0.752. The lowest BCUT2D eigenvalue weighted by Gasteiger charge is -2.26. The topological polar surface area (TPSA) is 32.3 Å². The highest BCUT2D eigenvalue weighted by Crippen LogP contribution is 2.34. The van der Waals surface area contributed by atoms with Crippen molar-refractivity contribution in [1.82, 2.24) is 5.32 Å². The Morgan fingerprint density at radius 3 is 3.14 bits per heavy atom. The lowest BCUT2D eigenvalue weighted by atomic mass is 9.87. The third-order valence-electron chi connectivity index (χ3n) is 2.93. The summed E-state index contributed by atoms with van der Waals surface area (Å²) < 4.78 is 0. The van der Waals surface area contributed by atoms with Crippen molar-refractivity contribution in [2.45, 2.75) is 32.2 Å². The number of nitrogens with one attached hydrogen (secondary N) is 1. The number of phenolic OH excluding ortho intramolecular Hbond substituents is 1. The van der Waals surface area contributed by atoms with Crippen molar-refractivity contribution in [3.05, 3.63) is 29.3 Å². The molecule has 0 bridgehead atoms. The van der Waals surface area contributed by atoms with E-state index in [-0.39, 0.29) is 0 Å². The maximum atomic E-state index is 9.71. The highest BCUT2D eigenvalue weighted by atomic mass is 16.3. The first-order valence-electron chi connectivity index (χ1n) is 5.37. The Labute approximate surface area is 85.0 Å². The van der Waals surface area contributed by atoms with Gasteiger partial charge in [0.1, 0.15) is 5.75 Å². The van der Waals surface area contributed by atoms with E-state index in [2.05, 4.69) is 18.3 Å².